The van der Waals surface area contributed by atoms with Crippen LogP contribution in [-0.4, -0.2) is 42.9 Å². The summed E-state index contributed by atoms with van der Waals surface area (Å²) in [6.45, 7) is 8.08. The number of halogens is 1. The summed E-state index contributed by atoms with van der Waals surface area (Å²) in [5, 5.41) is 11.6. The zero-order chi connectivity index (χ0) is 23.3. The molecule has 1 unspecified atom stereocenters. The van der Waals surface area contributed by atoms with Gasteiger partial charge in [-0.1, -0.05) is 19.1 Å². The Labute approximate surface area is 188 Å². The summed E-state index contributed by atoms with van der Waals surface area (Å²) in [7, 11) is 0. The van der Waals surface area contributed by atoms with E-state index in [9.17, 15) is 14.0 Å². The van der Waals surface area contributed by atoms with Crippen molar-refractivity contribution < 1.29 is 14.0 Å². The van der Waals surface area contributed by atoms with Crippen LogP contribution in [0.1, 0.15) is 30.0 Å². The van der Waals surface area contributed by atoms with Gasteiger partial charge in [0.05, 0.1) is 6.07 Å². The van der Waals surface area contributed by atoms with Gasteiger partial charge < -0.3 is 15.1 Å². The molecule has 0 radical (unpaired) electrons. The van der Waals surface area contributed by atoms with Crippen molar-refractivity contribution in [1.82, 2.24) is 4.90 Å². The van der Waals surface area contributed by atoms with Gasteiger partial charge in [-0.25, -0.2) is 4.39 Å². The second kappa shape index (κ2) is 10.3. The van der Waals surface area contributed by atoms with Crippen LogP contribution in [0.5, 0.6) is 0 Å². The number of hydrogen-bond donors (Lipinski definition) is 1. The Bertz CT molecular complexity index is 1040. The smallest absolute Gasteiger partial charge is 0.236 e. The van der Waals surface area contributed by atoms with Crippen LogP contribution < -0.4 is 10.2 Å². The summed E-state index contributed by atoms with van der Waals surface area (Å²) >= 11 is 0. The number of carbonyl (C=O) groups is 2. The minimum Gasteiger partial charge on any atom is -0.368 e. The van der Waals surface area contributed by atoms with E-state index in [0.717, 1.165) is 16.8 Å². The largest absolute Gasteiger partial charge is 0.368 e. The molecule has 3 rings (SSSR count). The van der Waals surface area contributed by atoms with Gasteiger partial charge >= 0.3 is 0 Å². The molecule has 0 aliphatic carbocycles. The molecule has 1 aliphatic rings. The molecule has 1 heterocycles. The summed E-state index contributed by atoms with van der Waals surface area (Å²) in [5.41, 5.74) is 4.13. The quantitative estimate of drug-likeness (QED) is 0.747. The normalized spacial score (nSPS) is 14.6. The molecule has 1 fully saturated rings. The maximum Gasteiger partial charge on any atom is 0.236 e. The first-order chi connectivity index (χ1) is 15.3. The molecule has 1 N–H and O–H groups in total. The number of nitrogens with zero attached hydrogens (tertiary/aromatic N) is 3. The second-order valence-corrected chi connectivity index (χ2v) is 8.32. The molecule has 6 nitrogen and oxygen atoms in total. The minimum absolute atomic E-state index is 0.0916. The van der Waals surface area contributed by atoms with Crippen molar-refractivity contribution in [1.29, 1.82) is 5.26 Å². The molecule has 168 valence electrons. The van der Waals surface area contributed by atoms with E-state index in [0.29, 0.717) is 43.9 Å². The van der Waals surface area contributed by atoms with Gasteiger partial charge in [0, 0.05) is 43.5 Å². The Morgan fingerprint density at radius 2 is 1.88 bits per heavy atom. The predicted octanol–water partition coefficient (Wildman–Crippen LogP) is 3.82. The summed E-state index contributed by atoms with van der Waals surface area (Å²) in [5.74, 6) is -0.956. The Hall–Kier alpha value is -3.40. The molecule has 32 heavy (non-hydrogen) atoms. The molecular weight excluding hydrogens is 407 g/mol. The standard InChI is InChI=1S/C25H29FN4O2/c1-17-7-8-23(26)22(19(17)3)15-18(2)25(32)28-20-5-4-6-21(16-20)29-11-13-30(14-12-29)24(31)9-10-27/h4-8,16,18H,9,11-15H2,1-3H3,(H,28,32). The average molecular weight is 437 g/mol. The fourth-order valence-electron chi connectivity index (χ4n) is 3.93. The molecule has 0 aromatic heterocycles. The fraction of sp³-hybridized carbons (Fsp3) is 0.400. The van der Waals surface area contributed by atoms with Gasteiger partial charge in [-0.15, -0.1) is 0 Å². The highest BCUT2D eigenvalue weighted by molar-refractivity contribution is 5.93. The third-order valence-corrected chi connectivity index (χ3v) is 6.11. The van der Waals surface area contributed by atoms with Gasteiger partial charge in [-0.2, -0.15) is 5.26 Å². The number of anilines is 2. The molecular formula is C25H29FN4O2. The summed E-state index contributed by atoms with van der Waals surface area (Å²) in [4.78, 5) is 28.5. The van der Waals surface area contributed by atoms with Crippen molar-refractivity contribution in [3.8, 4) is 6.07 Å². The van der Waals surface area contributed by atoms with Gasteiger partial charge in [-0.3, -0.25) is 9.59 Å². The number of carbonyl (C=O) groups excluding carboxylic acids is 2. The van der Waals surface area contributed by atoms with Gasteiger partial charge in [-0.05, 0) is 61.2 Å². The Morgan fingerprint density at radius 3 is 2.56 bits per heavy atom. The Kier molecular flexibility index (Phi) is 7.47. The van der Waals surface area contributed by atoms with Gasteiger partial charge in [0.15, 0.2) is 0 Å². The van der Waals surface area contributed by atoms with Crippen LogP contribution in [0.3, 0.4) is 0 Å². The molecule has 1 atom stereocenters. The molecule has 1 aliphatic heterocycles. The molecule has 2 aromatic carbocycles. The van der Waals surface area contributed by atoms with Crippen molar-refractivity contribution in [2.75, 3.05) is 36.4 Å². The van der Waals surface area contributed by atoms with E-state index in [2.05, 4.69) is 10.2 Å². The molecule has 0 saturated carbocycles. The number of nitrogens with one attached hydrogen (secondary N) is 1. The zero-order valence-corrected chi connectivity index (χ0v) is 18.8. The summed E-state index contributed by atoms with van der Waals surface area (Å²) in [6.07, 6.45) is 0.245. The van der Waals surface area contributed by atoms with Crippen molar-refractivity contribution >= 4 is 23.2 Å². The number of rotatable bonds is 6. The Morgan fingerprint density at radius 1 is 1.16 bits per heavy atom. The monoisotopic (exact) mass is 436 g/mol. The van der Waals surface area contributed by atoms with E-state index < -0.39 is 0 Å². The molecule has 0 bridgehead atoms. The van der Waals surface area contributed by atoms with E-state index in [1.54, 1.807) is 17.9 Å². The molecule has 2 aromatic rings. The fourth-order valence-corrected chi connectivity index (χ4v) is 3.93. The van der Waals surface area contributed by atoms with Crippen molar-refractivity contribution in [2.45, 2.75) is 33.6 Å². The van der Waals surface area contributed by atoms with Crippen LogP contribution in [0.4, 0.5) is 15.8 Å². The number of benzene rings is 2. The lowest BCUT2D eigenvalue weighted by Gasteiger charge is -2.36. The number of nitriles is 1. The van der Waals surface area contributed by atoms with Crippen molar-refractivity contribution in [3.63, 3.8) is 0 Å². The highest BCUT2D eigenvalue weighted by Crippen LogP contribution is 2.24. The van der Waals surface area contributed by atoms with Crippen molar-refractivity contribution in [3.05, 3.63) is 58.9 Å². The number of aryl methyl sites for hydroxylation is 1. The summed E-state index contributed by atoms with van der Waals surface area (Å²) < 4.78 is 14.3. The number of piperazine rings is 1. The average Bonchev–Trinajstić information content (AvgIpc) is 2.79. The number of amides is 2. The highest BCUT2D eigenvalue weighted by atomic mass is 19.1. The second-order valence-electron chi connectivity index (χ2n) is 8.32. The highest BCUT2D eigenvalue weighted by Gasteiger charge is 2.22. The zero-order valence-electron chi connectivity index (χ0n) is 18.8. The molecule has 0 spiro atoms. The topological polar surface area (TPSA) is 76.4 Å². The summed E-state index contributed by atoms with van der Waals surface area (Å²) in [6, 6.07) is 12.7. The van der Waals surface area contributed by atoms with Gasteiger partial charge in [0.2, 0.25) is 11.8 Å². The van der Waals surface area contributed by atoms with Crippen molar-refractivity contribution in [2.24, 2.45) is 5.92 Å². The minimum atomic E-state index is -0.386. The number of hydrogen-bond acceptors (Lipinski definition) is 4. The van der Waals surface area contributed by atoms with Crippen LogP contribution >= 0.6 is 0 Å². The van der Waals surface area contributed by atoms with E-state index in [-0.39, 0.29) is 30.0 Å². The van der Waals surface area contributed by atoms with Crippen LogP contribution in [0, 0.1) is 36.9 Å². The van der Waals surface area contributed by atoms with Gasteiger partial charge in [0.1, 0.15) is 12.2 Å². The Balaban J connectivity index is 1.61. The first-order valence-corrected chi connectivity index (χ1v) is 10.8. The lowest BCUT2D eigenvalue weighted by molar-refractivity contribution is -0.130. The third kappa shape index (κ3) is 5.44. The lowest BCUT2D eigenvalue weighted by atomic mass is 9.94. The SMILES string of the molecule is Cc1ccc(F)c(CC(C)C(=O)Nc2cccc(N3CCN(C(=O)CC#N)CC3)c2)c1C. The third-order valence-electron chi connectivity index (χ3n) is 6.11. The molecule has 7 heteroatoms. The lowest BCUT2D eigenvalue weighted by Crippen LogP contribution is -2.48. The van der Waals surface area contributed by atoms with Crippen LogP contribution in [0.15, 0.2) is 36.4 Å². The first-order valence-electron chi connectivity index (χ1n) is 10.8. The predicted molar refractivity (Wildman–Crippen MR) is 123 cm³/mol. The molecule has 1 saturated heterocycles. The van der Waals surface area contributed by atoms with E-state index >= 15 is 0 Å². The van der Waals surface area contributed by atoms with Gasteiger partial charge in [0.25, 0.3) is 0 Å². The first kappa shape index (κ1) is 23.3. The maximum absolute atomic E-state index is 14.3. The van der Waals surface area contributed by atoms with Crippen LogP contribution in [0.2, 0.25) is 0 Å². The van der Waals surface area contributed by atoms with E-state index in [4.69, 9.17) is 5.26 Å². The molecule has 2 amide bonds. The van der Waals surface area contributed by atoms with Crippen LogP contribution in [-0.2, 0) is 16.0 Å². The van der Waals surface area contributed by atoms with E-state index in [1.807, 2.05) is 44.2 Å². The van der Waals surface area contributed by atoms with Crippen LogP contribution in [0.25, 0.3) is 0 Å². The van der Waals surface area contributed by atoms with E-state index in [1.165, 1.54) is 6.07 Å². The maximum atomic E-state index is 14.3.